The van der Waals surface area contributed by atoms with Crippen LogP contribution in [0.15, 0.2) is 54.7 Å². The molecule has 0 saturated heterocycles. The first-order chi connectivity index (χ1) is 12.3. The third-order valence-corrected chi connectivity index (χ3v) is 4.27. The van der Waals surface area contributed by atoms with E-state index in [2.05, 4.69) is 31.1 Å². The van der Waals surface area contributed by atoms with Crippen LogP contribution in [0, 0.1) is 0 Å². The van der Waals surface area contributed by atoms with Gasteiger partial charge < -0.3 is 5.32 Å². The maximum Gasteiger partial charge on any atom is 0.259 e. The van der Waals surface area contributed by atoms with Gasteiger partial charge in [-0.25, -0.2) is 9.67 Å². The third-order valence-electron chi connectivity index (χ3n) is 3.97. The van der Waals surface area contributed by atoms with Crippen molar-refractivity contribution >= 4 is 23.3 Å². The maximum absolute atomic E-state index is 12.6. The molecular formula is C20H21ClN4O. The van der Waals surface area contributed by atoms with Gasteiger partial charge in [-0.3, -0.25) is 4.79 Å². The summed E-state index contributed by atoms with van der Waals surface area (Å²) < 4.78 is 1.80. The molecule has 3 aromatic rings. The topological polar surface area (TPSA) is 59.8 Å². The van der Waals surface area contributed by atoms with Crippen LogP contribution in [-0.2, 0) is 12.0 Å². The van der Waals surface area contributed by atoms with Gasteiger partial charge in [0, 0.05) is 17.7 Å². The second-order valence-corrected chi connectivity index (χ2v) is 7.46. The van der Waals surface area contributed by atoms with Gasteiger partial charge in [0.05, 0.1) is 17.8 Å². The summed E-state index contributed by atoms with van der Waals surface area (Å²) in [5, 5.41) is 7.79. The molecule has 0 radical (unpaired) electrons. The van der Waals surface area contributed by atoms with E-state index >= 15 is 0 Å². The summed E-state index contributed by atoms with van der Waals surface area (Å²) in [6, 6.07) is 15.2. The second kappa shape index (κ2) is 7.30. The molecular weight excluding hydrogens is 348 g/mol. The zero-order chi connectivity index (χ0) is 18.7. The fourth-order valence-corrected chi connectivity index (χ4v) is 2.71. The number of amides is 1. The Bertz CT molecular complexity index is 913. The molecule has 0 atom stereocenters. The normalized spacial score (nSPS) is 11.4. The summed E-state index contributed by atoms with van der Waals surface area (Å²) in [5.41, 5.74) is 2.21. The lowest BCUT2D eigenvalue weighted by atomic mass is 9.92. The zero-order valence-electron chi connectivity index (χ0n) is 15.0. The van der Waals surface area contributed by atoms with E-state index < -0.39 is 0 Å². The summed E-state index contributed by atoms with van der Waals surface area (Å²) >= 11 is 6.04. The van der Waals surface area contributed by atoms with E-state index in [1.807, 2.05) is 36.4 Å². The van der Waals surface area contributed by atoms with Crippen molar-refractivity contribution in [1.82, 2.24) is 14.8 Å². The van der Waals surface area contributed by atoms with Gasteiger partial charge in [-0.15, -0.1) is 0 Å². The van der Waals surface area contributed by atoms with Gasteiger partial charge in [0.15, 0.2) is 0 Å². The number of hydrogen-bond donors (Lipinski definition) is 1. The van der Waals surface area contributed by atoms with Crippen LogP contribution in [-0.4, -0.2) is 20.7 Å². The van der Waals surface area contributed by atoms with E-state index in [4.69, 9.17) is 16.7 Å². The van der Waals surface area contributed by atoms with Crippen LogP contribution in [0.3, 0.4) is 0 Å². The van der Waals surface area contributed by atoms with Crippen molar-refractivity contribution < 1.29 is 4.79 Å². The first-order valence-electron chi connectivity index (χ1n) is 8.39. The molecule has 0 saturated carbocycles. The van der Waals surface area contributed by atoms with Gasteiger partial charge in [0.1, 0.15) is 11.0 Å². The molecule has 0 aliphatic carbocycles. The molecule has 0 unspecified atom stereocenters. The maximum atomic E-state index is 12.6. The predicted octanol–water partition coefficient (Wildman–Crippen LogP) is 4.53. The van der Waals surface area contributed by atoms with Crippen LogP contribution in [0.1, 0.15) is 42.4 Å². The van der Waals surface area contributed by atoms with E-state index in [-0.39, 0.29) is 16.5 Å². The Kier molecular flexibility index (Phi) is 5.09. The number of pyridine rings is 1. The Morgan fingerprint density at radius 2 is 1.88 bits per heavy atom. The van der Waals surface area contributed by atoms with E-state index in [0.717, 1.165) is 11.3 Å². The first kappa shape index (κ1) is 18.1. The summed E-state index contributed by atoms with van der Waals surface area (Å²) in [6.45, 7) is 6.83. The molecule has 0 spiro atoms. The standard InChI is InChI=1S/C20H21ClN4O/c1-20(2,3)16-12-17(23-19(26)15-10-7-11-22-18(15)21)25(24-16)13-14-8-5-4-6-9-14/h4-12H,13H2,1-3H3,(H,23,26). The Morgan fingerprint density at radius 3 is 2.54 bits per heavy atom. The molecule has 3 rings (SSSR count). The minimum atomic E-state index is -0.308. The number of halogens is 1. The molecule has 0 aliphatic rings. The molecule has 2 aromatic heterocycles. The summed E-state index contributed by atoms with van der Waals surface area (Å²) in [6.07, 6.45) is 1.55. The Balaban J connectivity index is 1.93. The smallest absolute Gasteiger partial charge is 0.259 e. The Labute approximate surface area is 158 Å². The molecule has 2 heterocycles. The molecule has 134 valence electrons. The third kappa shape index (κ3) is 4.11. The van der Waals surface area contributed by atoms with Crippen LogP contribution in [0.2, 0.25) is 5.15 Å². The van der Waals surface area contributed by atoms with Crippen LogP contribution in [0.4, 0.5) is 5.82 Å². The fraction of sp³-hybridized carbons (Fsp3) is 0.250. The van der Waals surface area contributed by atoms with E-state index in [1.54, 1.807) is 23.0 Å². The SMILES string of the molecule is CC(C)(C)c1cc(NC(=O)c2cccnc2Cl)n(Cc2ccccc2)n1. The van der Waals surface area contributed by atoms with Gasteiger partial charge in [-0.2, -0.15) is 5.10 Å². The zero-order valence-corrected chi connectivity index (χ0v) is 15.8. The lowest BCUT2D eigenvalue weighted by Crippen LogP contribution is -2.17. The Morgan fingerprint density at radius 1 is 1.15 bits per heavy atom. The molecule has 1 N–H and O–H groups in total. The number of rotatable bonds is 4. The monoisotopic (exact) mass is 368 g/mol. The van der Waals surface area contributed by atoms with Crippen molar-refractivity contribution in [3.05, 3.63) is 76.7 Å². The second-order valence-electron chi connectivity index (χ2n) is 7.10. The molecule has 1 amide bonds. The van der Waals surface area contributed by atoms with E-state index in [1.165, 1.54) is 0 Å². The molecule has 5 nitrogen and oxygen atoms in total. The summed E-state index contributed by atoms with van der Waals surface area (Å²) in [7, 11) is 0. The van der Waals surface area contributed by atoms with Gasteiger partial charge in [0.25, 0.3) is 5.91 Å². The van der Waals surface area contributed by atoms with Crippen molar-refractivity contribution in [2.24, 2.45) is 0 Å². The minimum absolute atomic E-state index is 0.132. The number of aromatic nitrogens is 3. The number of nitrogens with zero attached hydrogens (tertiary/aromatic N) is 3. The average Bonchev–Trinajstić information content (AvgIpc) is 2.99. The number of anilines is 1. The van der Waals surface area contributed by atoms with Crippen molar-refractivity contribution in [1.29, 1.82) is 0 Å². The van der Waals surface area contributed by atoms with Gasteiger partial charge in [-0.1, -0.05) is 62.7 Å². The fourth-order valence-electron chi connectivity index (χ4n) is 2.50. The van der Waals surface area contributed by atoms with Crippen LogP contribution in [0.25, 0.3) is 0 Å². The van der Waals surface area contributed by atoms with Gasteiger partial charge in [0.2, 0.25) is 0 Å². The number of carbonyl (C=O) groups is 1. The van der Waals surface area contributed by atoms with Crippen molar-refractivity contribution in [2.75, 3.05) is 5.32 Å². The molecule has 0 bridgehead atoms. The lowest BCUT2D eigenvalue weighted by molar-refractivity contribution is 0.102. The average molecular weight is 369 g/mol. The van der Waals surface area contributed by atoms with E-state index in [0.29, 0.717) is 17.9 Å². The number of carbonyl (C=O) groups excluding carboxylic acids is 1. The number of hydrogen-bond acceptors (Lipinski definition) is 3. The van der Waals surface area contributed by atoms with E-state index in [9.17, 15) is 4.79 Å². The largest absolute Gasteiger partial charge is 0.307 e. The number of benzene rings is 1. The number of nitrogens with one attached hydrogen (secondary N) is 1. The molecule has 1 aromatic carbocycles. The molecule has 26 heavy (non-hydrogen) atoms. The van der Waals surface area contributed by atoms with Crippen molar-refractivity contribution in [3.8, 4) is 0 Å². The highest BCUT2D eigenvalue weighted by molar-refractivity contribution is 6.33. The summed E-state index contributed by atoms with van der Waals surface area (Å²) in [5.74, 6) is 0.321. The van der Waals surface area contributed by atoms with Crippen LogP contribution in [0.5, 0.6) is 0 Å². The highest BCUT2D eigenvalue weighted by Gasteiger charge is 2.21. The molecule has 6 heteroatoms. The molecule has 0 aliphatic heterocycles. The van der Waals surface area contributed by atoms with Crippen molar-refractivity contribution in [3.63, 3.8) is 0 Å². The highest BCUT2D eigenvalue weighted by atomic mass is 35.5. The van der Waals surface area contributed by atoms with Crippen LogP contribution >= 0.6 is 11.6 Å². The first-order valence-corrected chi connectivity index (χ1v) is 8.76. The Hall–Kier alpha value is -2.66. The predicted molar refractivity (Wildman–Crippen MR) is 104 cm³/mol. The summed E-state index contributed by atoms with van der Waals surface area (Å²) in [4.78, 5) is 16.6. The van der Waals surface area contributed by atoms with Crippen LogP contribution < -0.4 is 5.32 Å². The van der Waals surface area contributed by atoms with Gasteiger partial charge >= 0.3 is 0 Å². The van der Waals surface area contributed by atoms with Crippen molar-refractivity contribution in [2.45, 2.75) is 32.7 Å². The molecule has 0 fully saturated rings. The lowest BCUT2D eigenvalue weighted by Gasteiger charge is -2.14. The van der Waals surface area contributed by atoms with Gasteiger partial charge in [-0.05, 0) is 17.7 Å². The highest BCUT2D eigenvalue weighted by Crippen LogP contribution is 2.25. The quantitative estimate of drug-likeness (QED) is 0.688. The minimum Gasteiger partial charge on any atom is -0.307 e.